The lowest BCUT2D eigenvalue weighted by molar-refractivity contribution is 0.195. The van der Waals surface area contributed by atoms with E-state index in [1.54, 1.807) is 0 Å². The lowest BCUT2D eigenvalue weighted by Gasteiger charge is -2.52. The average molecular weight is 736 g/mol. The van der Waals surface area contributed by atoms with Crippen LogP contribution in [0.2, 0.25) is 0 Å². The maximum absolute atomic E-state index is 10.6. The lowest BCUT2D eigenvalue weighted by atomic mass is 9.33. The van der Waals surface area contributed by atoms with Crippen molar-refractivity contribution in [3.05, 3.63) is 119 Å². The van der Waals surface area contributed by atoms with Crippen molar-refractivity contribution >= 4 is 72.3 Å². The number of anilines is 5. The number of nitrogens with zero attached hydrogens (tertiary/aromatic N) is 3. The van der Waals surface area contributed by atoms with E-state index in [1.165, 1.54) is 100 Å². The van der Waals surface area contributed by atoms with Crippen molar-refractivity contribution in [3.63, 3.8) is 0 Å². The molecule has 4 heterocycles. The minimum atomic E-state index is -0.101. The van der Waals surface area contributed by atoms with Gasteiger partial charge in [-0.1, -0.05) is 110 Å². The van der Waals surface area contributed by atoms with Gasteiger partial charge in [-0.3, -0.25) is 0 Å². The minimum absolute atomic E-state index is 0.00138. The monoisotopic (exact) mass is 735 g/mol. The first-order chi connectivity index (χ1) is 26.1. The molecule has 0 saturated heterocycles. The van der Waals surface area contributed by atoms with Gasteiger partial charge in [0.2, 0.25) is 0 Å². The molecule has 1 aliphatic carbocycles. The second-order valence-corrected chi connectivity index (χ2v) is 20.4. The predicted octanol–water partition coefficient (Wildman–Crippen LogP) is 11.7. The third-order valence-electron chi connectivity index (χ3n) is 14.0. The Bertz CT molecular complexity index is 2650. The molecule has 0 N–H and O–H groups in total. The van der Waals surface area contributed by atoms with Crippen LogP contribution in [0.5, 0.6) is 0 Å². The summed E-state index contributed by atoms with van der Waals surface area (Å²) in [5.74, 6) is 0. The molecule has 1 fully saturated rings. The summed E-state index contributed by atoms with van der Waals surface area (Å²) in [6.45, 7) is 21.2. The largest absolute Gasteiger partial charge is 0.335 e. The maximum atomic E-state index is 10.6. The molecule has 3 aliphatic heterocycles. The van der Waals surface area contributed by atoms with Crippen molar-refractivity contribution in [3.8, 4) is 17.2 Å². The number of aryl methyl sites for hydroxylation is 1. The molecule has 1 saturated carbocycles. The number of hydrogen-bond donors (Lipinski definition) is 0. The highest BCUT2D eigenvalue weighted by Gasteiger charge is 2.61. The quantitative estimate of drug-likeness (QED) is 0.166. The Morgan fingerprint density at radius 3 is 2.16 bits per heavy atom. The van der Waals surface area contributed by atoms with Gasteiger partial charge in [-0.2, -0.15) is 5.26 Å². The van der Waals surface area contributed by atoms with Gasteiger partial charge in [0.25, 0.3) is 6.71 Å². The van der Waals surface area contributed by atoms with Gasteiger partial charge in [-0.15, -0.1) is 11.3 Å². The van der Waals surface area contributed by atoms with Gasteiger partial charge in [0.15, 0.2) is 0 Å². The Morgan fingerprint density at radius 2 is 1.44 bits per heavy atom. The summed E-state index contributed by atoms with van der Waals surface area (Å²) in [4.78, 5) is 5.41. The SMILES string of the molecule is Cc1cc2c3c(c1)N1c4c(cc(C#N)cc4C4(C)CCCCC14C)B3c1c(sc3cc(C(C)(C)C)ccc13)N2c1ccc(C(C)(C)C)cc1-c1ccccc1. The zero-order valence-corrected chi connectivity index (χ0v) is 34.6. The van der Waals surface area contributed by atoms with E-state index in [0.717, 1.165) is 18.4 Å². The highest BCUT2D eigenvalue weighted by molar-refractivity contribution is 7.26. The maximum Gasteiger partial charge on any atom is 0.254 e. The van der Waals surface area contributed by atoms with Crippen molar-refractivity contribution in [1.82, 2.24) is 0 Å². The fraction of sp³-hybridized carbons (Fsp3) is 0.340. The second kappa shape index (κ2) is 11.4. The Hall–Kier alpha value is -4.79. The van der Waals surface area contributed by atoms with Crippen LogP contribution in [-0.4, -0.2) is 12.3 Å². The molecular formula is C50H50BN3S. The Kier molecular flexibility index (Phi) is 7.18. The van der Waals surface area contributed by atoms with Gasteiger partial charge in [0, 0.05) is 32.7 Å². The minimum Gasteiger partial charge on any atom is -0.335 e. The van der Waals surface area contributed by atoms with E-state index >= 15 is 0 Å². The van der Waals surface area contributed by atoms with Gasteiger partial charge in [0.1, 0.15) is 0 Å². The van der Waals surface area contributed by atoms with Crippen LogP contribution >= 0.6 is 11.3 Å². The molecule has 1 aromatic heterocycles. The van der Waals surface area contributed by atoms with Crippen LogP contribution in [0, 0.1) is 18.3 Å². The van der Waals surface area contributed by atoms with Gasteiger partial charge in [-0.25, -0.2) is 0 Å². The third-order valence-corrected chi connectivity index (χ3v) is 15.1. The number of hydrogen-bond acceptors (Lipinski definition) is 4. The summed E-state index contributed by atoms with van der Waals surface area (Å²) in [5.41, 5.74) is 17.7. The normalized spacial score (nSPS) is 20.9. The van der Waals surface area contributed by atoms with Crippen molar-refractivity contribution in [2.45, 2.75) is 110 Å². The summed E-state index contributed by atoms with van der Waals surface area (Å²) in [6, 6.07) is 37.5. The first-order valence-corrected chi connectivity index (χ1v) is 21.1. The molecule has 2 atom stereocenters. The second-order valence-electron chi connectivity index (χ2n) is 19.3. The van der Waals surface area contributed by atoms with Crippen molar-refractivity contribution in [2.75, 3.05) is 9.80 Å². The van der Waals surface area contributed by atoms with E-state index in [2.05, 4.69) is 169 Å². The summed E-state index contributed by atoms with van der Waals surface area (Å²) in [5, 5.41) is 13.3. The van der Waals surface area contributed by atoms with Crippen LogP contribution in [0.15, 0.2) is 91.0 Å². The van der Waals surface area contributed by atoms with Crippen LogP contribution < -0.4 is 26.2 Å². The van der Waals surface area contributed by atoms with Crippen LogP contribution in [0.1, 0.15) is 109 Å². The molecular weight excluding hydrogens is 685 g/mol. The zero-order chi connectivity index (χ0) is 38.4. The molecule has 2 unspecified atom stereocenters. The molecule has 0 amide bonds. The molecule has 5 heteroatoms. The van der Waals surface area contributed by atoms with Gasteiger partial charge >= 0.3 is 0 Å². The number of fused-ring (bicyclic) bond motifs is 9. The van der Waals surface area contributed by atoms with Gasteiger partial charge in [0.05, 0.1) is 27.9 Å². The molecule has 6 aromatic rings. The molecule has 10 rings (SSSR count). The molecule has 0 bridgehead atoms. The van der Waals surface area contributed by atoms with Crippen LogP contribution in [0.25, 0.3) is 21.2 Å². The molecule has 5 aromatic carbocycles. The van der Waals surface area contributed by atoms with E-state index in [0.29, 0.717) is 0 Å². The van der Waals surface area contributed by atoms with E-state index in [-0.39, 0.29) is 28.5 Å². The molecule has 274 valence electrons. The van der Waals surface area contributed by atoms with E-state index < -0.39 is 0 Å². The summed E-state index contributed by atoms with van der Waals surface area (Å²) >= 11 is 1.94. The lowest BCUT2D eigenvalue weighted by Crippen LogP contribution is -2.64. The standard InChI is InChI=1S/C50H50BN3S/c1-30-23-40-44-41(24-30)54-45-37(49(8)21-13-14-22-50(49,54)9)25-31(29-52)26-38(45)51(44)43-35-19-17-34(48(5,6)7)28-42(35)55-46(43)53(40)39-20-18-33(47(2,3)4)27-36(39)32-15-11-10-12-16-32/h10-12,15-20,23-28H,13-14,21-22H2,1-9H3. The number of nitriles is 1. The smallest absolute Gasteiger partial charge is 0.254 e. The van der Waals surface area contributed by atoms with Crippen molar-refractivity contribution < 1.29 is 0 Å². The van der Waals surface area contributed by atoms with Gasteiger partial charge < -0.3 is 9.80 Å². The topological polar surface area (TPSA) is 30.3 Å². The van der Waals surface area contributed by atoms with E-state index in [9.17, 15) is 5.26 Å². The average Bonchev–Trinajstić information content (AvgIpc) is 3.62. The Labute approximate surface area is 331 Å². The molecule has 0 radical (unpaired) electrons. The summed E-state index contributed by atoms with van der Waals surface area (Å²) in [6.07, 6.45) is 4.70. The van der Waals surface area contributed by atoms with Gasteiger partial charge in [-0.05, 0) is 130 Å². The number of thiophene rings is 1. The summed E-state index contributed by atoms with van der Waals surface area (Å²) in [7, 11) is 0. The first kappa shape index (κ1) is 34.7. The number of benzene rings is 5. The fourth-order valence-corrected chi connectivity index (χ4v) is 12.1. The molecule has 4 aliphatic rings. The van der Waals surface area contributed by atoms with Crippen LogP contribution in [-0.2, 0) is 16.2 Å². The third kappa shape index (κ3) is 4.67. The zero-order valence-electron chi connectivity index (χ0n) is 33.8. The predicted molar refractivity (Wildman–Crippen MR) is 236 cm³/mol. The first-order valence-electron chi connectivity index (χ1n) is 20.2. The highest BCUT2D eigenvalue weighted by Crippen LogP contribution is 2.62. The molecule has 55 heavy (non-hydrogen) atoms. The molecule has 3 nitrogen and oxygen atoms in total. The highest BCUT2D eigenvalue weighted by atomic mass is 32.1. The van der Waals surface area contributed by atoms with E-state index in [1.807, 2.05) is 11.3 Å². The van der Waals surface area contributed by atoms with Crippen LogP contribution in [0.3, 0.4) is 0 Å². The Balaban J connectivity index is 1.36. The molecule has 0 spiro atoms. The van der Waals surface area contributed by atoms with Crippen molar-refractivity contribution in [1.29, 1.82) is 5.26 Å². The van der Waals surface area contributed by atoms with Crippen molar-refractivity contribution in [2.24, 2.45) is 0 Å². The number of rotatable bonds is 2. The Morgan fingerprint density at radius 1 is 0.745 bits per heavy atom. The van der Waals surface area contributed by atoms with Crippen LogP contribution in [0.4, 0.5) is 27.8 Å². The van der Waals surface area contributed by atoms with E-state index in [4.69, 9.17) is 0 Å². The summed E-state index contributed by atoms with van der Waals surface area (Å²) < 4.78 is 1.32. The fourth-order valence-electron chi connectivity index (χ4n) is 10.8.